The molecule has 2 aliphatic heterocycles. The van der Waals surface area contributed by atoms with Crippen LogP contribution in [0.3, 0.4) is 0 Å². The lowest BCUT2D eigenvalue weighted by Gasteiger charge is -2.27. The summed E-state index contributed by atoms with van der Waals surface area (Å²) in [4.78, 5) is 40.5. The Kier molecular flexibility index (Phi) is 5.57. The van der Waals surface area contributed by atoms with Crippen LogP contribution >= 0.6 is 31.9 Å². The molecule has 0 bridgehead atoms. The van der Waals surface area contributed by atoms with Crippen molar-refractivity contribution in [1.82, 2.24) is 5.32 Å². The van der Waals surface area contributed by atoms with E-state index in [0.29, 0.717) is 52.6 Å². The molecule has 0 atom stereocenters. The summed E-state index contributed by atoms with van der Waals surface area (Å²) in [5.41, 5.74) is 0.147. The zero-order chi connectivity index (χ0) is 20.5. The number of nitrogens with one attached hydrogen (secondary N) is 1. The number of furan rings is 1. The molecule has 1 N–H and O–H groups in total. The minimum Gasteiger partial charge on any atom is -0.440 e. The highest BCUT2D eigenvalue weighted by Crippen LogP contribution is 2.32. The minimum absolute atomic E-state index is 0.195. The molecule has 2 aliphatic rings. The van der Waals surface area contributed by atoms with Gasteiger partial charge in [-0.15, -0.1) is 0 Å². The van der Waals surface area contributed by atoms with Gasteiger partial charge in [0.15, 0.2) is 0 Å². The number of ether oxygens (including phenoxy) is 1. The predicted molar refractivity (Wildman–Crippen MR) is 113 cm³/mol. The molecule has 0 spiro atoms. The van der Waals surface area contributed by atoms with Crippen molar-refractivity contribution >= 4 is 67.4 Å². The second-order valence-corrected chi connectivity index (χ2v) is 8.11. The lowest BCUT2D eigenvalue weighted by Crippen LogP contribution is -2.54. The van der Waals surface area contributed by atoms with Crippen molar-refractivity contribution in [3.63, 3.8) is 0 Å². The van der Waals surface area contributed by atoms with Crippen LogP contribution in [0.4, 0.5) is 16.4 Å². The zero-order valence-corrected chi connectivity index (χ0v) is 18.2. The van der Waals surface area contributed by atoms with E-state index in [0.717, 1.165) is 4.90 Å². The summed E-state index contributed by atoms with van der Waals surface area (Å²) in [7, 11) is 0. The number of anilines is 2. The van der Waals surface area contributed by atoms with Gasteiger partial charge in [0.2, 0.25) is 5.88 Å². The van der Waals surface area contributed by atoms with Crippen LogP contribution in [0.2, 0.25) is 0 Å². The van der Waals surface area contributed by atoms with E-state index in [4.69, 9.17) is 9.15 Å². The number of hydrogen-bond donors (Lipinski definition) is 1. The number of amides is 4. The average molecular weight is 525 g/mol. The molecule has 150 valence electrons. The molecule has 3 heterocycles. The van der Waals surface area contributed by atoms with Gasteiger partial charge in [-0.25, -0.2) is 9.69 Å². The molecule has 2 fully saturated rings. The molecule has 4 rings (SSSR count). The fourth-order valence-electron chi connectivity index (χ4n) is 3.08. The van der Waals surface area contributed by atoms with Gasteiger partial charge in [0.1, 0.15) is 11.3 Å². The minimum atomic E-state index is -0.801. The van der Waals surface area contributed by atoms with Crippen LogP contribution in [0.15, 0.2) is 49.3 Å². The summed E-state index contributed by atoms with van der Waals surface area (Å²) in [5.74, 6) is -0.576. The highest BCUT2D eigenvalue weighted by atomic mass is 79.9. The van der Waals surface area contributed by atoms with Crippen molar-refractivity contribution in [2.75, 3.05) is 36.1 Å². The first-order valence-corrected chi connectivity index (χ1v) is 10.3. The second-order valence-electron chi connectivity index (χ2n) is 6.34. The number of carbonyl (C=O) groups is 3. The highest BCUT2D eigenvalue weighted by Gasteiger charge is 2.37. The van der Waals surface area contributed by atoms with Crippen molar-refractivity contribution in [2.24, 2.45) is 0 Å². The van der Waals surface area contributed by atoms with Gasteiger partial charge >= 0.3 is 6.03 Å². The lowest BCUT2D eigenvalue weighted by molar-refractivity contribution is -0.122. The Hall–Kier alpha value is -2.43. The van der Waals surface area contributed by atoms with Crippen LogP contribution in [-0.4, -0.2) is 44.1 Å². The Bertz CT molecular complexity index is 1030. The van der Waals surface area contributed by atoms with Gasteiger partial charge in [0, 0.05) is 23.6 Å². The average Bonchev–Trinajstić information content (AvgIpc) is 3.06. The van der Waals surface area contributed by atoms with Gasteiger partial charge in [-0.1, -0.05) is 22.0 Å². The number of rotatable bonds is 3. The maximum absolute atomic E-state index is 12.9. The summed E-state index contributed by atoms with van der Waals surface area (Å²) in [6.07, 6.45) is 1.34. The van der Waals surface area contributed by atoms with E-state index < -0.39 is 17.8 Å². The van der Waals surface area contributed by atoms with E-state index in [1.54, 1.807) is 30.3 Å². The summed E-state index contributed by atoms with van der Waals surface area (Å²) < 4.78 is 12.6. The Morgan fingerprint density at radius 3 is 2.55 bits per heavy atom. The number of imide groups is 2. The molecule has 10 heteroatoms. The van der Waals surface area contributed by atoms with Gasteiger partial charge in [-0.05, 0) is 40.2 Å². The maximum Gasteiger partial charge on any atom is 0.335 e. The summed E-state index contributed by atoms with van der Waals surface area (Å²) in [6, 6.07) is 7.56. The van der Waals surface area contributed by atoms with E-state index in [2.05, 4.69) is 37.2 Å². The highest BCUT2D eigenvalue weighted by molar-refractivity contribution is 9.10. The normalized spacial score (nSPS) is 19.1. The number of benzene rings is 1. The van der Waals surface area contributed by atoms with Gasteiger partial charge in [0.25, 0.3) is 11.8 Å². The zero-order valence-electron chi connectivity index (χ0n) is 15.0. The SMILES string of the molecule is O=C1NC(=O)N(c2cccc(Br)c2)C(=O)/C1=C/c1cc(Br)c(N2CCOCC2)o1. The number of hydrogen-bond acceptors (Lipinski definition) is 6. The van der Waals surface area contributed by atoms with Crippen molar-refractivity contribution < 1.29 is 23.5 Å². The molecule has 4 amide bonds. The van der Waals surface area contributed by atoms with E-state index in [-0.39, 0.29) is 5.57 Å². The van der Waals surface area contributed by atoms with E-state index in [9.17, 15) is 14.4 Å². The Morgan fingerprint density at radius 2 is 1.83 bits per heavy atom. The first-order valence-electron chi connectivity index (χ1n) is 8.73. The Morgan fingerprint density at radius 1 is 1.07 bits per heavy atom. The summed E-state index contributed by atoms with van der Waals surface area (Å²) in [6.45, 7) is 2.53. The molecule has 29 heavy (non-hydrogen) atoms. The standard InChI is InChI=1S/C19H15Br2N3O5/c20-11-2-1-3-12(8-11)24-17(26)14(16(25)22-19(24)27)9-13-10-15(21)18(29-13)23-4-6-28-7-5-23/h1-3,8-10H,4-7H2,(H,22,25,27)/b14-9+. The monoisotopic (exact) mass is 523 g/mol. The number of carbonyl (C=O) groups excluding carboxylic acids is 3. The van der Waals surface area contributed by atoms with Crippen LogP contribution in [0.25, 0.3) is 6.08 Å². The third-order valence-corrected chi connectivity index (χ3v) is 5.50. The molecule has 0 unspecified atom stereocenters. The van der Waals surface area contributed by atoms with Gasteiger partial charge in [-0.3, -0.25) is 14.9 Å². The molecular formula is C19H15Br2N3O5. The fraction of sp³-hybridized carbons (Fsp3) is 0.211. The van der Waals surface area contributed by atoms with Gasteiger partial charge < -0.3 is 14.1 Å². The third kappa shape index (κ3) is 4.00. The van der Waals surface area contributed by atoms with Gasteiger partial charge in [-0.2, -0.15) is 0 Å². The van der Waals surface area contributed by atoms with Crippen molar-refractivity contribution in [2.45, 2.75) is 0 Å². The van der Waals surface area contributed by atoms with Crippen LogP contribution in [-0.2, 0) is 14.3 Å². The molecule has 1 aromatic heterocycles. The molecule has 0 saturated carbocycles. The number of nitrogens with zero attached hydrogens (tertiary/aromatic N) is 2. The third-order valence-electron chi connectivity index (χ3n) is 4.44. The first kappa shape index (κ1) is 19.9. The van der Waals surface area contributed by atoms with Crippen molar-refractivity contribution in [1.29, 1.82) is 0 Å². The number of halogens is 2. The van der Waals surface area contributed by atoms with Crippen LogP contribution in [0.5, 0.6) is 0 Å². The molecule has 2 aromatic rings. The van der Waals surface area contributed by atoms with E-state index in [1.165, 1.54) is 6.08 Å². The van der Waals surface area contributed by atoms with Crippen molar-refractivity contribution in [3.05, 3.63) is 50.6 Å². The molecule has 8 nitrogen and oxygen atoms in total. The predicted octanol–water partition coefficient (Wildman–Crippen LogP) is 3.31. The Labute approximate surface area is 182 Å². The lowest BCUT2D eigenvalue weighted by atomic mass is 10.1. The summed E-state index contributed by atoms with van der Waals surface area (Å²) >= 11 is 6.77. The van der Waals surface area contributed by atoms with Crippen LogP contribution in [0.1, 0.15) is 5.76 Å². The number of morpholine rings is 1. The molecule has 0 radical (unpaired) electrons. The smallest absolute Gasteiger partial charge is 0.335 e. The maximum atomic E-state index is 12.9. The van der Waals surface area contributed by atoms with Crippen molar-refractivity contribution in [3.8, 4) is 0 Å². The largest absolute Gasteiger partial charge is 0.440 e. The van der Waals surface area contributed by atoms with Crippen LogP contribution < -0.4 is 15.1 Å². The number of barbiturate groups is 1. The fourth-order valence-corrected chi connectivity index (χ4v) is 4.02. The topological polar surface area (TPSA) is 92.1 Å². The first-order chi connectivity index (χ1) is 13.9. The van der Waals surface area contributed by atoms with Crippen LogP contribution in [0, 0.1) is 0 Å². The molecular weight excluding hydrogens is 510 g/mol. The molecule has 0 aliphatic carbocycles. The Balaban J connectivity index is 1.66. The van der Waals surface area contributed by atoms with E-state index >= 15 is 0 Å². The van der Waals surface area contributed by atoms with Gasteiger partial charge in [0.05, 0.1) is 23.4 Å². The van der Waals surface area contributed by atoms with E-state index in [1.807, 2.05) is 4.90 Å². The quantitative estimate of drug-likeness (QED) is 0.489. The molecule has 2 saturated heterocycles. The number of urea groups is 1. The second kappa shape index (κ2) is 8.13. The summed E-state index contributed by atoms with van der Waals surface area (Å²) in [5, 5.41) is 2.20. The molecule has 1 aromatic carbocycles.